The van der Waals surface area contributed by atoms with Crippen molar-refractivity contribution in [2.24, 2.45) is 0 Å². The molecule has 0 radical (unpaired) electrons. The summed E-state index contributed by atoms with van der Waals surface area (Å²) in [6, 6.07) is 4.24. The number of carbonyl (C=O) groups excluding carboxylic acids is 1. The van der Waals surface area contributed by atoms with Crippen molar-refractivity contribution in [1.82, 2.24) is 5.32 Å². The van der Waals surface area contributed by atoms with Crippen LogP contribution < -0.4 is 15.8 Å². The van der Waals surface area contributed by atoms with Gasteiger partial charge in [-0.05, 0) is 19.1 Å². The number of nitrogens with two attached hydrogens (primary N) is 1. The summed E-state index contributed by atoms with van der Waals surface area (Å²) >= 11 is 0. The van der Waals surface area contributed by atoms with Crippen molar-refractivity contribution >= 4 is 11.6 Å². The zero-order chi connectivity index (χ0) is 14.5. The summed E-state index contributed by atoms with van der Waals surface area (Å²) in [5.74, 6) is -0.361. The molecule has 1 aromatic carbocycles. The van der Waals surface area contributed by atoms with Gasteiger partial charge in [0.05, 0.1) is 18.6 Å². The van der Waals surface area contributed by atoms with Crippen LogP contribution in [0.2, 0.25) is 0 Å². The second kappa shape index (κ2) is 6.31. The van der Waals surface area contributed by atoms with Gasteiger partial charge in [0, 0.05) is 18.3 Å². The van der Waals surface area contributed by atoms with Crippen molar-refractivity contribution in [2.75, 3.05) is 18.9 Å². The molecule has 1 rings (SSSR count). The zero-order valence-electron chi connectivity index (χ0n) is 10.4. The maximum absolute atomic E-state index is 12.0. The number of carbonyl (C=O) groups is 1. The lowest BCUT2D eigenvalue weighted by atomic mass is 10.1. The first-order valence-corrected chi connectivity index (χ1v) is 5.70. The molecule has 0 unspecified atom stereocenters. The molecular formula is C12H15F3N2O2. The number of amides is 1. The molecule has 0 fully saturated rings. The maximum atomic E-state index is 12.0. The third-order valence-corrected chi connectivity index (χ3v) is 2.23. The molecule has 19 heavy (non-hydrogen) atoms. The molecule has 0 bridgehead atoms. The van der Waals surface area contributed by atoms with Gasteiger partial charge in [-0.3, -0.25) is 4.79 Å². The summed E-state index contributed by atoms with van der Waals surface area (Å²) in [5.41, 5.74) is 6.01. The summed E-state index contributed by atoms with van der Waals surface area (Å²) < 4.78 is 41.1. The van der Waals surface area contributed by atoms with Crippen LogP contribution in [-0.2, 0) is 0 Å². The molecule has 1 amide bonds. The highest BCUT2D eigenvalue weighted by molar-refractivity contribution is 5.97. The van der Waals surface area contributed by atoms with Crippen molar-refractivity contribution in [2.45, 2.75) is 19.5 Å². The van der Waals surface area contributed by atoms with E-state index in [1.54, 1.807) is 6.92 Å². The number of nitrogens with one attached hydrogen (secondary N) is 1. The Hall–Kier alpha value is -1.92. The van der Waals surface area contributed by atoms with Gasteiger partial charge in [0.25, 0.3) is 5.91 Å². The molecule has 106 valence electrons. The first-order chi connectivity index (χ1) is 8.83. The van der Waals surface area contributed by atoms with Crippen LogP contribution in [0.15, 0.2) is 18.2 Å². The third kappa shape index (κ3) is 5.07. The summed E-state index contributed by atoms with van der Waals surface area (Å²) in [6.07, 6.45) is -5.39. The lowest BCUT2D eigenvalue weighted by molar-refractivity contribution is -0.139. The predicted octanol–water partition coefficient (Wildman–Crippen LogP) is 2.35. The monoisotopic (exact) mass is 276 g/mol. The lowest BCUT2D eigenvalue weighted by Gasteiger charge is -2.13. The standard InChI is InChI=1S/C12H15F3N2O2/c1-2-17-11(18)9-4-3-8(16)7-10(9)19-6-5-12(13,14)15/h3-4,7H,2,5-6,16H2,1H3,(H,17,18). The fourth-order valence-corrected chi connectivity index (χ4v) is 1.38. The minimum atomic E-state index is -4.30. The second-order valence-corrected chi connectivity index (χ2v) is 3.83. The molecule has 1 aromatic rings. The van der Waals surface area contributed by atoms with E-state index in [9.17, 15) is 18.0 Å². The van der Waals surface area contributed by atoms with Gasteiger partial charge in [-0.15, -0.1) is 0 Å². The highest BCUT2D eigenvalue weighted by atomic mass is 19.4. The number of anilines is 1. The van der Waals surface area contributed by atoms with Gasteiger partial charge in [0.15, 0.2) is 0 Å². The highest BCUT2D eigenvalue weighted by Crippen LogP contribution is 2.24. The minimum Gasteiger partial charge on any atom is -0.492 e. The quantitative estimate of drug-likeness (QED) is 0.811. The summed E-state index contributed by atoms with van der Waals surface area (Å²) in [5, 5.41) is 2.55. The molecule has 0 saturated carbocycles. The van der Waals surface area contributed by atoms with Crippen LogP contribution in [0.3, 0.4) is 0 Å². The maximum Gasteiger partial charge on any atom is 0.392 e. The molecule has 0 aliphatic rings. The molecule has 0 aromatic heterocycles. The van der Waals surface area contributed by atoms with Gasteiger partial charge >= 0.3 is 6.18 Å². The fraction of sp³-hybridized carbons (Fsp3) is 0.417. The Bertz CT molecular complexity index is 447. The number of benzene rings is 1. The van der Waals surface area contributed by atoms with Crippen LogP contribution in [0.1, 0.15) is 23.7 Å². The number of nitrogen functional groups attached to an aromatic ring is 1. The Morgan fingerprint density at radius 1 is 1.42 bits per heavy atom. The number of alkyl halides is 3. The summed E-state index contributed by atoms with van der Waals surface area (Å²) in [4.78, 5) is 11.7. The molecule has 0 aliphatic heterocycles. The van der Waals surface area contributed by atoms with E-state index < -0.39 is 25.1 Å². The van der Waals surface area contributed by atoms with E-state index in [-0.39, 0.29) is 11.3 Å². The SMILES string of the molecule is CCNC(=O)c1ccc(N)cc1OCCC(F)(F)F. The number of hydrogen-bond donors (Lipinski definition) is 2. The average molecular weight is 276 g/mol. The van der Waals surface area contributed by atoms with Crippen LogP contribution in [0.5, 0.6) is 5.75 Å². The minimum absolute atomic E-state index is 0.0511. The summed E-state index contributed by atoms with van der Waals surface area (Å²) in [6.45, 7) is 1.59. The lowest BCUT2D eigenvalue weighted by Crippen LogP contribution is -2.23. The topological polar surface area (TPSA) is 64.4 Å². The second-order valence-electron chi connectivity index (χ2n) is 3.83. The molecule has 4 nitrogen and oxygen atoms in total. The molecule has 0 saturated heterocycles. The van der Waals surface area contributed by atoms with Gasteiger partial charge in [-0.2, -0.15) is 13.2 Å². The number of rotatable bonds is 5. The molecule has 3 N–H and O–H groups in total. The van der Waals surface area contributed by atoms with Crippen LogP contribution in [-0.4, -0.2) is 25.2 Å². The predicted molar refractivity (Wildman–Crippen MR) is 65.0 cm³/mol. The van der Waals surface area contributed by atoms with E-state index in [0.29, 0.717) is 12.2 Å². The Labute approximate surface area is 108 Å². The average Bonchev–Trinajstić information content (AvgIpc) is 2.27. The fourth-order valence-electron chi connectivity index (χ4n) is 1.38. The molecule has 0 heterocycles. The number of ether oxygens (including phenoxy) is 1. The van der Waals surface area contributed by atoms with E-state index in [0.717, 1.165) is 0 Å². The van der Waals surface area contributed by atoms with Gasteiger partial charge < -0.3 is 15.8 Å². The Kier molecular flexibility index (Phi) is 5.02. The zero-order valence-corrected chi connectivity index (χ0v) is 10.4. The third-order valence-electron chi connectivity index (χ3n) is 2.23. The van der Waals surface area contributed by atoms with E-state index in [4.69, 9.17) is 10.5 Å². The first-order valence-electron chi connectivity index (χ1n) is 5.70. The van der Waals surface area contributed by atoms with Crippen LogP contribution >= 0.6 is 0 Å². The van der Waals surface area contributed by atoms with Crippen molar-refractivity contribution in [3.8, 4) is 5.75 Å². The van der Waals surface area contributed by atoms with Crippen LogP contribution in [0.4, 0.5) is 18.9 Å². The van der Waals surface area contributed by atoms with Crippen LogP contribution in [0.25, 0.3) is 0 Å². The normalized spacial score (nSPS) is 11.2. The summed E-state index contributed by atoms with van der Waals surface area (Å²) in [7, 11) is 0. The van der Waals surface area contributed by atoms with Crippen molar-refractivity contribution in [3.05, 3.63) is 23.8 Å². The number of hydrogen-bond acceptors (Lipinski definition) is 3. The van der Waals surface area contributed by atoms with E-state index in [1.165, 1.54) is 18.2 Å². The Morgan fingerprint density at radius 3 is 2.68 bits per heavy atom. The van der Waals surface area contributed by atoms with Gasteiger partial charge in [0.2, 0.25) is 0 Å². The van der Waals surface area contributed by atoms with Crippen LogP contribution in [0, 0.1) is 0 Å². The van der Waals surface area contributed by atoms with E-state index in [1.807, 2.05) is 0 Å². The Morgan fingerprint density at radius 2 is 2.11 bits per heavy atom. The smallest absolute Gasteiger partial charge is 0.392 e. The molecule has 0 atom stereocenters. The Balaban J connectivity index is 2.80. The van der Waals surface area contributed by atoms with Gasteiger partial charge in [0.1, 0.15) is 5.75 Å². The van der Waals surface area contributed by atoms with Gasteiger partial charge in [-0.25, -0.2) is 0 Å². The van der Waals surface area contributed by atoms with E-state index >= 15 is 0 Å². The van der Waals surface area contributed by atoms with Gasteiger partial charge in [-0.1, -0.05) is 0 Å². The largest absolute Gasteiger partial charge is 0.492 e. The highest BCUT2D eigenvalue weighted by Gasteiger charge is 2.27. The molecule has 0 spiro atoms. The van der Waals surface area contributed by atoms with E-state index in [2.05, 4.69) is 5.32 Å². The van der Waals surface area contributed by atoms with Crippen molar-refractivity contribution in [3.63, 3.8) is 0 Å². The number of halogens is 3. The molecule has 7 heteroatoms. The first kappa shape index (κ1) is 15.1. The van der Waals surface area contributed by atoms with Crippen molar-refractivity contribution < 1.29 is 22.7 Å². The van der Waals surface area contributed by atoms with Crippen molar-refractivity contribution in [1.29, 1.82) is 0 Å². The molecular weight excluding hydrogens is 261 g/mol. The molecule has 0 aliphatic carbocycles.